The van der Waals surface area contributed by atoms with Crippen molar-refractivity contribution in [3.8, 4) is 34.0 Å². The van der Waals surface area contributed by atoms with E-state index in [-0.39, 0.29) is 12.0 Å². The summed E-state index contributed by atoms with van der Waals surface area (Å²) in [5, 5.41) is 7.32. The molecule has 34 heavy (non-hydrogen) atoms. The van der Waals surface area contributed by atoms with Crippen LogP contribution in [0.1, 0.15) is 30.9 Å². The van der Waals surface area contributed by atoms with Crippen molar-refractivity contribution in [3.63, 3.8) is 0 Å². The maximum Gasteiger partial charge on any atom is 0.189 e. The zero-order valence-corrected chi connectivity index (χ0v) is 19.5. The molecule has 0 aliphatic rings. The molecule has 2 heterocycles. The van der Waals surface area contributed by atoms with Crippen molar-refractivity contribution < 1.29 is 13.7 Å². The molecule has 4 rings (SSSR count). The Hall–Kier alpha value is -3.62. The van der Waals surface area contributed by atoms with Crippen LogP contribution in [0.3, 0.4) is 0 Å². The van der Waals surface area contributed by atoms with Crippen LogP contribution in [-0.2, 0) is 11.3 Å². The van der Waals surface area contributed by atoms with Gasteiger partial charge in [0.05, 0.1) is 11.9 Å². The predicted molar refractivity (Wildman–Crippen MR) is 130 cm³/mol. The van der Waals surface area contributed by atoms with E-state index in [0.717, 1.165) is 29.5 Å². The number of nitrogens with one attached hydrogen (secondary N) is 1. The summed E-state index contributed by atoms with van der Waals surface area (Å²) in [6, 6.07) is 14.6. The summed E-state index contributed by atoms with van der Waals surface area (Å²) in [4.78, 5) is 8.87. The number of halogens is 1. The van der Waals surface area contributed by atoms with Crippen LogP contribution in [0, 0.1) is 12.7 Å². The van der Waals surface area contributed by atoms with E-state index >= 15 is 0 Å². The highest BCUT2D eigenvalue weighted by molar-refractivity contribution is 5.73. The molecule has 0 aliphatic carbocycles. The molecule has 7 nitrogen and oxygen atoms in total. The summed E-state index contributed by atoms with van der Waals surface area (Å²) < 4.78 is 25.8. The summed E-state index contributed by atoms with van der Waals surface area (Å²) in [5.41, 5.74) is 10.6. The zero-order chi connectivity index (χ0) is 24.1. The number of aryl methyl sites for hydroxylation is 1. The Morgan fingerprint density at radius 1 is 1.12 bits per heavy atom. The Morgan fingerprint density at radius 2 is 1.91 bits per heavy atom. The predicted octanol–water partition coefficient (Wildman–Crippen LogP) is 5.36. The molecule has 0 spiro atoms. The second-order valence-electron chi connectivity index (χ2n) is 8.14. The van der Waals surface area contributed by atoms with Crippen LogP contribution in [0.5, 0.6) is 0 Å². The Labute approximate surface area is 198 Å². The van der Waals surface area contributed by atoms with Gasteiger partial charge in [0.2, 0.25) is 0 Å². The molecule has 3 N–H and O–H groups in total. The van der Waals surface area contributed by atoms with Gasteiger partial charge >= 0.3 is 0 Å². The number of hydrogen-bond acceptors (Lipinski definition) is 7. The van der Waals surface area contributed by atoms with Gasteiger partial charge in [-0.15, -0.1) is 0 Å². The van der Waals surface area contributed by atoms with E-state index in [1.807, 2.05) is 37.3 Å². The van der Waals surface area contributed by atoms with E-state index < -0.39 is 5.82 Å². The molecule has 0 radical (unpaired) electrons. The van der Waals surface area contributed by atoms with Crippen molar-refractivity contribution in [2.45, 2.75) is 39.5 Å². The average molecular weight is 462 g/mol. The van der Waals surface area contributed by atoms with Crippen molar-refractivity contribution in [1.29, 1.82) is 0 Å². The first kappa shape index (κ1) is 23.5. The van der Waals surface area contributed by atoms with Crippen LogP contribution in [0.2, 0.25) is 0 Å². The zero-order valence-electron chi connectivity index (χ0n) is 19.5. The number of anilines is 1. The number of methoxy groups -OCH3 is 1. The molecule has 176 valence electrons. The largest absolute Gasteiger partial charge is 0.382 e. The van der Waals surface area contributed by atoms with Crippen molar-refractivity contribution >= 4 is 5.82 Å². The molecule has 0 amide bonds. The summed E-state index contributed by atoms with van der Waals surface area (Å²) in [5.74, 6) is 0.137. The first-order valence-corrected chi connectivity index (χ1v) is 11.2. The second-order valence-corrected chi connectivity index (χ2v) is 8.14. The van der Waals surface area contributed by atoms with Crippen LogP contribution in [0.15, 0.2) is 59.3 Å². The molecule has 8 heteroatoms. The molecule has 2 aromatic heterocycles. The lowest BCUT2D eigenvalue weighted by molar-refractivity contribution is 0.0647. The summed E-state index contributed by atoms with van der Waals surface area (Å²) in [6.07, 6.45) is 3.43. The van der Waals surface area contributed by atoms with Gasteiger partial charge in [0.1, 0.15) is 17.7 Å². The van der Waals surface area contributed by atoms with Gasteiger partial charge in [0.25, 0.3) is 0 Å². The third kappa shape index (κ3) is 5.30. The summed E-state index contributed by atoms with van der Waals surface area (Å²) in [6.45, 7) is 4.61. The molecular formula is C26H28FN5O2. The fraction of sp³-hybridized carbons (Fsp3) is 0.269. The topological polar surface area (TPSA) is 99.1 Å². The number of nitrogen functional groups attached to an aromatic ring is 1. The Balaban J connectivity index is 1.55. The molecule has 2 aromatic carbocycles. The fourth-order valence-corrected chi connectivity index (χ4v) is 3.63. The van der Waals surface area contributed by atoms with E-state index in [4.69, 9.17) is 15.0 Å². The number of ether oxygens (including phenoxy) is 1. The third-order valence-electron chi connectivity index (χ3n) is 5.57. The monoisotopic (exact) mass is 461 g/mol. The van der Waals surface area contributed by atoms with E-state index in [9.17, 15) is 4.39 Å². The highest BCUT2D eigenvalue weighted by Gasteiger charge is 2.17. The molecular weight excluding hydrogens is 433 g/mol. The molecule has 1 atom stereocenters. The van der Waals surface area contributed by atoms with Gasteiger partial charge < -0.3 is 15.0 Å². The van der Waals surface area contributed by atoms with Gasteiger partial charge in [-0.25, -0.2) is 14.4 Å². The van der Waals surface area contributed by atoms with Gasteiger partial charge in [-0.05, 0) is 31.0 Å². The number of hydrogen-bond donors (Lipinski definition) is 2. The Bertz CT molecular complexity index is 1260. The smallest absolute Gasteiger partial charge is 0.189 e. The quantitative estimate of drug-likeness (QED) is 0.324. The van der Waals surface area contributed by atoms with Gasteiger partial charge in [-0.3, -0.25) is 5.32 Å². The van der Waals surface area contributed by atoms with E-state index in [2.05, 4.69) is 27.4 Å². The maximum absolute atomic E-state index is 14.9. The summed E-state index contributed by atoms with van der Waals surface area (Å²) in [7, 11) is 1.66. The lowest BCUT2D eigenvalue weighted by Crippen LogP contribution is -2.30. The first-order valence-electron chi connectivity index (χ1n) is 11.2. The highest BCUT2D eigenvalue weighted by Crippen LogP contribution is 2.31. The first-order chi connectivity index (χ1) is 16.5. The van der Waals surface area contributed by atoms with Crippen LogP contribution in [0.4, 0.5) is 10.2 Å². The number of benzene rings is 2. The number of nitrogens with zero attached hydrogens (tertiary/aromatic N) is 3. The van der Waals surface area contributed by atoms with Crippen LogP contribution in [0.25, 0.3) is 34.0 Å². The van der Waals surface area contributed by atoms with Crippen molar-refractivity contribution in [3.05, 3.63) is 71.7 Å². The van der Waals surface area contributed by atoms with Gasteiger partial charge in [0, 0.05) is 30.8 Å². The van der Waals surface area contributed by atoms with Gasteiger partial charge in [-0.1, -0.05) is 54.4 Å². The number of nitrogens with two attached hydrogens (primary N) is 1. The normalized spacial score (nSPS) is 12.1. The Morgan fingerprint density at radius 3 is 2.62 bits per heavy atom. The maximum atomic E-state index is 14.9. The average Bonchev–Trinajstić information content (AvgIpc) is 3.32. The fourth-order valence-electron chi connectivity index (χ4n) is 3.63. The standard InChI is InChI=1S/C26H28FN5O2/c1-4-5-24(33-3)29-14-17-8-11-19(20(27)12-17)21-13-23(34-32-21)25-26(28)30-15-22(31-25)18-9-6-16(2)7-10-18/h6-13,15,24,29H,4-5,14H2,1-3H3,(H2,28,30). The molecule has 1 unspecified atom stereocenters. The minimum Gasteiger partial charge on any atom is -0.382 e. The van der Waals surface area contributed by atoms with Crippen LogP contribution >= 0.6 is 0 Å². The Kier molecular flexibility index (Phi) is 7.30. The van der Waals surface area contributed by atoms with Crippen molar-refractivity contribution in [2.24, 2.45) is 0 Å². The van der Waals surface area contributed by atoms with Crippen LogP contribution in [-0.4, -0.2) is 28.5 Å². The summed E-state index contributed by atoms with van der Waals surface area (Å²) >= 11 is 0. The third-order valence-corrected chi connectivity index (χ3v) is 5.57. The number of aromatic nitrogens is 3. The minimum atomic E-state index is -0.393. The SMILES string of the molecule is CCCC(NCc1ccc(-c2cc(-c3nc(-c4ccc(C)cc4)cnc3N)on2)c(F)c1)OC. The number of rotatable bonds is 9. The van der Waals surface area contributed by atoms with Crippen LogP contribution < -0.4 is 11.1 Å². The second kappa shape index (κ2) is 10.5. The van der Waals surface area contributed by atoms with E-state index in [1.54, 1.807) is 25.4 Å². The molecule has 0 fully saturated rings. The minimum absolute atomic E-state index is 0.0620. The van der Waals surface area contributed by atoms with Crippen molar-refractivity contribution in [2.75, 3.05) is 12.8 Å². The van der Waals surface area contributed by atoms with E-state index in [0.29, 0.717) is 35.0 Å². The van der Waals surface area contributed by atoms with E-state index in [1.165, 1.54) is 6.07 Å². The highest BCUT2D eigenvalue weighted by atomic mass is 19.1. The molecule has 0 aliphatic heterocycles. The van der Waals surface area contributed by atoms with Gasteiger partial charge in [-0.2, -0.15) is 0 Å². The molecule has 0 bridgehead atoms. The van der Waals surface area contributed by atoms with Gasteiger partial charge in [0.15, 0.2) is 17.3 Å². The lowest BCUT2D eigenvalue weighted by Gasteiger charge is -2.16. The van der Waals surface area contributed by atoms with Crippen molar-refractivity contribution in [1.82, 2.24) is 20.4 Å². The lowest BCUT2D eigenvalue weighted by atomic mass is 10.1. The molecule has 0 saturated heterocycles. The molecule has 0 saturated carbocycles. The molecule has 4 aromatic rings.